The van der Waals surface area contributed by atoms with Gasteiger partial charge in [0, 0.05) is 37.4 Å². The first-order valence-electron chi connectivity index (χ1n) is 6.25. The quantitative estimate of drug-likeness (QED) is 0.828. The van der Waals surface area contributed by atoms with Crippen LogP contribution in [0.2, 0.25) is 0 Å². The lowest BCUT2D eigenvalue weighted by Gasteiger charge is -2.04. The molecular formula is C13H17N3O3S. The predicted molar refractivity (Wildman–Crippen MR) is 74.3 cm³/mol. The Morgan fingerprint density at radius 3 is 2.60 bits per heavy atom. The summed E-state index contributed by atoms with van der Waals surface area (Å²) in [7, 11) is -3.58. The number of hydrogen-bond acceptors (Lipinski definition) is 4. The molecule has 0 aliphatic heterocycles. The molecule has 0 fully saturated rings. The number of aliphatic hydroxyl groups is 1. The number of aliphatic hydroxyl groups excluding tert-OH is 1. The summed E-state index contributed by atoms with van der Waals surface area (Å²) < 4.78 is 28.6. The standard InChI is InChI=1S/C13H17N3O3S/c1-2-16-9-13(7-12(16)10-17)20(18,19)15-8-11-3-5-14-6-4-11/h3-7,9,15,17H,2,8,10H2,1H3. The highest BCUT2D eigenvalue weighted by molar-refractivity contribution is 7.89. The molecule has 2 N–H and O–H groups in total. The van der Waals surface area contributed by atoms with Gasteiger partial charge in [0.2, 0.25) is 10.0 Å². The fraction of sp³-hybridized carbons (Fsp3) is 0.308. The van der Waals surface area contributed by atoms with Crippen LogP contribution in [0.5, 0.6) is 0 Å². The summed E-state index contributed by atoms with van der Waals surface area (Å²) in [6.07, 6.45) is 4.75. The van der Waals surface area contributed by atoms with Crippen molar-refractivity contribution in [2.75, 3.05) is 0 Å². The molecule has 2 heterocycles. The van der Waals surface area contributed by atoms with E-state index in [-0.39, 0.29) is 18.0 Å². The van der Waals surface area contributed by atoms with Gasteiger partial charge in [0.05, 0.1) is 11.5 Å². The fourth-order valence-electron chi connectivity index (χ4n) is 1.86. The van der Waals surface area contributed by atoms with Gasteiger partial charge in [-0.05, 0) is 30.7 Å². The first-order chi connectivity index (χ1) is 9.56. The summed E-state index contributed by atoms with van der Waals surface area (Å²) >= 11 is 0. The maximum absolute atomic E-state index is 12.2. The molecule has 0 aliphatic carbocycles. The van der Waals surface area contributed by atoms with Crippen molar-refractivity contribution in [3.8, 4) is 0 Å². The van der Waals surface area contributed by atoms with Crippen LogP contribution in [0, 0.1) is 0 Å². The summed E-state index contributed by atoms with van der Waals surface area (Å²) in [5.74, 6) is 0. The molecule has 2 aromatic heterocycles. The Labute approximate surface area is 118 Å². The zero-order valence-corrected chi connectivity index (χ0v) is 12.0. The Balaban J connectivity index is 2.16. The molecule has 108 valence electrons. The van der Waals surface area contributed by atoms with Gasteiger partial charge < -0.3 is 9.67 Å². The van der Waals surface area contributed by atoms with E-state index in [9.17, 15) is 13.5 Å². The first kappa shape index (κ1) is 14.7. The summed E-state index contributed by atoms with van der Waals surface area (Å²) in [6.45, 7) is 2.51. The molecule has 0 saturated heterocycles. The van der Waals surface area contributed by atoms with Crippen molar-refractivity contribution < 1.29 is 13.5 Å². The van der Waals surface area contributed by atoms with Gasteiger partial charge in [-0.2, -0.15) is 0 Å². The van der Waals surface area contributed by atoms with Crippen LogP contribution in [-0.2, 0) is 29.7 Å². The smallest absolute Gasteiger partial charge is 0.242 e. The molecule has 0 unspecified atom stereocenters. The maximum Gasteiger partial charge on any atom is 0.242 e. The van der Waals surface area contributed by atoms with Crippen molar-refractivity contribution in [2.45, 2.75) is 31.5 Å². The van der Waals surface area contributed by atoms with E-state index < -0.39 is 10.0 Å². The van der Waals surface area contributed by atoms with E-state index in [0.717, 1.165) is 5.56 Å². The van der Waals surface area contributed by atoms with Gasteiger partial charge in [0.15, 0.2) is 0 Å². The molecule has 0 saturated carbocycles. The average molecular weight is 295 g/mol. The lowest BCUT2D eigenvalue weighted by Crippen LogP contribution is -2.22. The van der Waals surface area contributed by atoms with Gasteiger partial charge in [-0.1, -0.05) is 0 Å². The Bertz CT molecular complexity index is 644. The number of nitrogens with zero attached hydrogens (tertiary/aromatic N) is 2. The number of nitrogens with one attached hydrogen (secondary N) is 1. The van der Waals surface area contributed by atoms with Gasteiger partial charge in [0.1, 0.15) is 0 Å². The number of aryl methyl sites for hydroxylation is 1. The second-order valence-electron chi connectivity index (χ2n) is 4.29. The van der Waals surface area contributed by atoms with Gasteiger partial charge in [-0.15, -0.1) is 0 Å². The third-order valence-corrected chi connectivity index (χ3v) is 4.36. The number of hydrogen-bond donors (Lipinski definition) is 2. The molecule has 6 nitrogen and oxygen atoms in total. The Kier molecular flexibility index (Phi) is 4.53. The van der Waals surface area contributed by atoms with Crippen molar-refractivity contribution in [3.63, 3.8) is 0 Å². The molecule has 0 aliphatic rings. The van der Waals surface area contributed by atoms with Crippen LogP contribution in [0.1, 0.15) is 18.2 Å². The van der Waals surface area contributed by atoms with Crippen LogP contribution < -0.4 is 4.72 Å². The van der Waals surface area contributed by atoms with Gasteiger partial charge in [0.25, 0.3) is 0 Å². The van der Waals surface area contributed by atoms with Crippen molar-refractivity contribution >= 4 is 10.0 Å². The third-order valence-electron chi connectivity index (χ3n) is 2.99. The highest BCUT2D eigenvalue weighted by atomic mass is 32.2. The SMILES string of the molecule is CCn1cc(S(=O)(=O)NCc2ccncc2)cc1CO. The molecule has 0 bridgehead atoms. The molecule has 0 aromatic carbocycles. The first-order valence-corrected chi connectivity index (χ1v) is 7.73. The molecule has 0 atom stereocenters. The van der Waals surface area contributed by atoms with Crippen molar-refractivity contribution in [1.29, 1.82) is 0 Å². The van der Waals surface area contributed by atoms with Crippen molar-refractivity contribution in [1.82, 2.24) is 14.3 Å². The second kappa shape index (κ2) is 6.17. The minimum Gasteiger partial charge on any atom is -0.390 e. The Morgan fingerprint density at radius 2 is 2.05 bits per heavy atom. The van der Waals surface area contributed by atoms with E-state index in [0.29, 0.717) is 12.2 Å². The van der Waals surface area contributed by atoms with Crippen LogP contribution in [0.25, 0.3) is 0 Å². The zero-order valence-electron chi connectivity index (χ0n) is 11.2. The minimum absolute atomic E-state index is 0.164. The van der Waals surface area contributed by atoms with E-state index >= 15 is 0 Å². The molecule has 0 radical (unpaired) electrons. The zero-order chi connectivity index (χ0) is 14.6. The Morgan fingerprint density at radius 1 is 1.35 bits per heavy atom. The van der Waals surface area contributed by atoms with E-state index in [4.69, 9.17) is 0 Å². The predicted octanol–water partition coefficient (Wildman–Crippen LogP) is 0.874. The van der Waals surface area contributed by atoms with Crippen LogP contribution in [0.3, 0.4) is 0 Å². The fourth-order valence-corrected chi connectivity index (χ4v) is 2.94. The van der Waals surface area contributed by atoms with Crippen molar-refractivity contribution in [2.24, 2.45) is 0 Å². The molecular weight excluding hydrogens is 278 g/mol. The summed E-state index contributed by atoms with van der Waals surface area (Å²) in [4.78, 5) is 4.04. The van der Waals surface area contributed by atoms with Crippen LogP contribution >= 0.6 is 0 Å². The van der Waals surface area contributed by atoms with E-state index in [1.54, 1.807) is 29.1 Å². The molecule has 2 aromatic rings. The van der Waals surface area contributed by atoms with E-state index in [2.05, 4.69) is 9.71 Å². The number of aromatic nitrogens is 2. The van der Waals surface area contributed by atoms with Crippen LogP contribution in [-0.4, -0.2) is 23.1 Å². The lowest BCUT2D eigenvalue weighted by molar-refractivity contribution is 0.271. The Hall–Kier alpha value is -1.70. The average Bonchev–Trinajstić information content (AvgIpc) is 2.90. The molecule has 0 amide bonds. The largest absolute Gasteiger partial charge is 0.390 e. The number of sulfonamides is 1. The van der Waals surface area contributed by atoms with Crippen LogP contribution in [0.15, 0.2) is 41.7 Å². The number of rotatable bonds is 6. The second-order valence-corrected chi connectivity index (χ2v) is 6.06. The minimum atomic E-state index is -3.58. The summed E-state index contributed by atoms with van der Waals surface area (Å²) in [5.41, 5.74) is 1.41. The van der Waals surface area contributed by atoms with E-state index in [1.165, 1.54) is 12.3 Å². The molecule has 7 heteroatoms. The maximum atomic E-state index is 12.2. The third kappa shape index (κ3) is 3.24. The van der Waals surface area contributed by atoms with Gasteiger partial charge in [-0.3, -0.25) is 4.98 Å². The van der Waals surface area contributed by atoms with Gasteiger partial charge in [-0.25, -0.2) is 13.1 Å². The van der Waals surface area contributed by atoms with Gasteiger partial charge >= 0.3 is 0 Å². The summed E-state index contributed by atoms with van der Waals surface area (Å²) in [6, 6.07) is 4.98. The molecule has 0 spiro atoms. The number of pyridine rings is 1. The van der Waals surface area contributed by atoms with E-state index in [1.807, 2.05) is 6.92 Å². The normalized spacial score (nSPS) is 11.7. The lowest BCUT2D eigenvalue weighted by atomic mass is 10.3. The molecule has 2 rings (SSSR count). The monoisotopic (exact) mass is 295 g/mol. The highest BCUT2D eigenvalue weighted by Crippen LogP contribution is 2.15. The summed E-state index contributed by atoms with van der Waals surface area (Å²) in [5, 5.41) is 9.19. The van der Waals surface area contributed by atoms with Crippen LogP contribution in [0.4, 0.5) is 0 Å². The topological polar surface area (TPSA) is 84.2 Å². The highest BCUT2D eigenvalue weighted by Gasteiger charge is 2.17. The van der Waals surface area contributed by atoms with Crippen molar-refractivity contribution in [3.05, 3.63) is 48.0 Å². The molecule has 20 heavy (non-hydrogen) atoms.